The van der Waals surface area contributed by atoms with Gasteiger partial charge in [0.15, 0.2) is 0 Å². The summed E-state index contributed by atoms with van der Waals surface area (Å²) in [6, 6.07) is 6.06. The van der Waals surface area contributed by atoms with E-state index in [1.54, 1.807) is 12.1 Å². The third-order valence-electron chi connectivity index (χ3n) is 3.33. The van der Waals surface area contributed by atoms with Gasteiger partial charge in [0.1, 0.15) is 0 Å². The van der Waals surface area contributed by atoms with Crippen molar-refractivity contribution in [3.63, 3.8) is 0 Å². The van der Waals surface area contributed by atoms with E-state index >= 15 is 0 Å². The average molecular weight is 367 g/mol. The molecular formula is C17H27KO4S. The molecule has 1 aromatic rings. The van der Waals surface area contributed by atoms with E-state index in [9.17, 15) is 9.59 Å². The van der Waals surface area contributed by atoms with Crippen molar-refractivity contribution >= 4 is 22.2 Å². The van der Waals surface area contributed by atoms with Crippen LogP contribution in [0.1, 0.15) is 62.2 Å². The Morgan fingerprint density at radius 3 is 1.96 bits per heavy atom. The molecule has 0 saturated heterocycles. The summed E-state index contributed by atoms with van der Waals surface area (Å²) in [6.07, 6.45) is 2.95. The van der Waals surface area contributed by atoms with E-state index in [4.69, 9.17) is 9.29 Å². The van der Waals surface area contributed by atoms with Gasteiger partial charge < -0.3 is 10.7 Å². The molecule has 23 heavy (non-hydrogen) atoms. The molecule has 0 atom stereocenters. The molecule has 0 radical (unpaired) electrons. The van der Waals surface area contributed by atoms with E-state index in [2.05, 4.69) is 20.8 Å². The van der Waals surface area contributed by atoms with Crippen molar-refractivity contribution in [2.75, 3.05) is 17.3 Å². The first-order valence-corrected chi connectivity index (χ1v) is 9.88. The van der Waals surface area contributed by atoms with Crippen LogP contribution < -0.4 is 51.4 Å². The first-order valence-electron chi connectivity index (χ1n) is 7.81. The number of carboxylic acid groups (broad SMARTS) is 1. The Kier molecular flexibility index (Phi) is 11.7. The minimum atomic E-state index is -1.42. The van der Waals surface area contributed by atoms with Gasteiger partial charge in [-0.15, -0.1) is 0 Å². The molecule has 4 nitrogen and oxygen atoms in total. The molecule has 0 unspecified atom stereocenters. The summed E-state index contributed by atoms with van der Waals surface area (Å²) in [4.78, 5) is 23.5. The van der Waals surface area contributed by atoms with Crippen molar-refractivity contribution in [2.24, 2.45) is 0 Å². The molecule has 0 amide bonds. The summed E-state index contributed by atoms with van der Waals surface area (Å²) in [5, 5.41) is 9.03. The second-order valence-electron chi connectivity index (χ2n) is 5.34. The molecule has 126 valence electrons. The fourth-order valence-electron chi connectivity index (χ4n) is 2.54. The summed E-state index contributed by atoms with van der Waals surface area (Å²) in [6.45, 7) is 6.31. The Morgan fingerprint density at radius 1 is 1.04 bits per heavy atom. The molecule has 0 aromatic heterocycles. The number of carbonyl (C=O) groups excluding carboxylic acids is 1. The van der Waals surface area contributed by atoms with Crippen LogP contribution in [0.2, 0.25) is 0 Å². The molecule has 0 aliphatic carbocycles. The average Bonchev–Trinajstić information content (AvgIpc) is 2.48. The topological polar surface area (TPSA) is 63.6 Å². The maximum Gasteiger partial charge on any atom is 1.00 e. The van der Waals surface area contributed by atoms with Gasteiger partial charge in [-0.2, -0.15) is 0 Å². The van der Waals surface area contributed by atoms with Crippen LogP contribution in [0.4, 0.5) is 0 Å². The Labute approximate surface area is 184 Å². The second kappa shape index (κ2) is 11.7. The van der Waals surface area contributed by atoms with E-state index in [-0.39, 0.29) is 58.4 Å². The fraction of sp³-hybridized carbons (Fsp3) is 0.529. The van der Waals surface area contributed by atoms with Gasteiger partial charge in [0.25, 0.3) is 0 Å². The molecule has 0 heterocycles. The zero-order valence-corrected chi connectivity index (χ0v) is 18.6. The van der Waals surface area contributed by atoms with Crippen LogP contribution in [0, 0.1) is 0 Å². The number of hydrogen-bond donors (Lipinski definition) is 1. The van der Waals surface area contributed by atoms with Crippen molar-refractivity contribution < 1.29 is 71.7 Å². The normalized spacial score (nSPS) is 11.4. The molecule has 6 heteroatoms. The summed E-state index contributed by atoms with van der Waals surface area (Å²) >= 11 is 0. The quantitative estimate of drug-likeness (QED) is 0.675. The number of carboxylic acids is 1. The molecule has 1 N–H and O–H groups in total. The Hall–Kier alpha value is 0.146. The largest absolute Gasteiger partial charge is 1.00 e. The molecule has 0 fully saturated rings. The van der Waals surface area contributed by atoms with Crippen LogP contribution in [0.5, 0.6) is 0 Å². The molecule has 1 aromatic carbocycles. The minimum Gasteiger partial charge on any atom is -1.00 e. The summed E-state index contributed by atoms with van der Waals surface area (Å²) in [5.74, 6) is 1.31. The summed E-state index contributed by atoms with van der Waals surface area (Å²) in [7, 11) is -1.42. The van der Waals surface area contributed by atoms with E-state index in [0.717, 1.165) is 36.5 Å². The maximum atomic E-state index is 12.5. The van der Waals surface area contributed by atoms with Crippen LogP contribution in [-0.2, 0) is 4.18 Å². The van der Waals surface area contributed by atoms with Crippen molar-refractivity contribution in [3.05, 3.63) is 35.4 Å². The first kappa shape index (κ1) is 23.1. The smallest absolute Gasteiger partial charge is 1.00 e. The molecular weight excluding hydrogens is 339 g/mol. The van der Waals surface area contributed by atoms with Gasteiger partial charge >= 0.3 is 63.3 Å². The molecule has 0 aliphatic heterocycles. The Morgan fingerprint density at radius 2 is 1.52 bits per heavy atom. The molecule has 0 bridgehead atoms. The zero-order valence-electron chi connectivity index (χ0n) is 15.6. The standard InChI is InChI=1S/C17H26O4S.K.H/c1-4-10-22(11-5-2,12-6-3)21-17(20)15-9-7-8-14(13-15)16(18)19;;/h7-9,13H,4-6,10-12H2,1-3H3,(H,18,19);;/q;+1;-1. The van der Waals surface area contributed by atoms with Gasteiger partial charge in [-0.3, -0.25) is 0 Å². The Balaban J connectivity index is 0. The van der Waals surface area contributed by atoms with Gasteiger partial charge in [0.2, 0.25) is 0 Å². The summed E-state index contributed by atoms with van der Waals surface area (Å²) in [5.41, 5.74) is 0.427. The number of benzene rings is 1. The predicted molar refractivity (Wildman–Crippen MR) is 93.0 cm³/mol. The van der Waals surface area contributed by atoms with Crippen LogP contribution >= 0.6 is 10.3 Å². The van der Waals surface area contributed by atoms with Gasteiger partial charge in [-0.25, -0.2) is 9.59 Å². The van der Waals surface area contributed by atoms with Gasteiger partial charge in [-0.1, -0.05) is 37.1 Å². The van der Waals surface area contributed by atoms with Crippen molar-refractivity contribution in [1.29, 1.82) is 0 Å². The minimum absolute atomic E-state index is 0. The van der Waals surface area contributed by atoms with Crippen LogP contribution in [0.25, 0.3) is 0 Å². The number of aromatic carboxylic acids is 1. The van der Waals surface area contributed by atoms with Gasteiger partial charge in [-0.05, 0) is 37.5 Å². The first-order chi connectivity index (χ1) is 10.5. The van der Waals surface area contributed by atoms with Gasteiger partial charge in [0.05, 0.1) is 11.1 Å². The van der Waals surface area contributed by atoms with E-state index in [1.165, 1.54) is 12.1 Å². The van der Waals surface area contributed by atoms with E-state index in [0.29, 0.717) is 5.56 Å². The zero-order chi connectivity index (χ0) is 16.6. The van der Waals surface area contributed by atoms with Crippen LogP contribution in [-0.4, -0.2) is 34.3 Å². The molecule has 0 saturated carbocycles. The SMILES string of the molecule is CCCS(CCC)(CCC)OC(=O)c1cccc(C(=O)O)c1.[H-].[K+]. The second-order valence-corrected chi connectivity index (χ2v) is 8.66. The predicted octanol–water partition coefficient (Wildman–Crippen LogP) is 1.61. The molecule has 0 aliphatic rings. The Bertz CT molecular complexity index is 508. The third kappa shape index (κ3) is 7.28. The van der Waals surface area contributed by atoms with Crippen LogP contribution in [0.3, 0.4) is 0 Å². The number of rotatable bonds is 9. The van der Waals surface area contributed by atoms with Crippen molar-refractivity contribution in [2.45, 2.75) is 40.0 Å². The molecule has 1 rings (SSSR count). The maximum absolute atomic E-state index is 12.5. The summed E-state index contributed by atoms with van der Waals surface area (Å²) < 4.78 is 5.93. The molecule has 0 spiro atoms. The van der Waals surface area contributed by atoms with E-state index in [1.807, 2.05) is 0 Å². The number of hydrogen-bond acceptors (Lipinski definition) is 3. The van der Waals surface area contributed by atoms with Crippen LogP contribution in [0.15, 0.2) is 24.3 Å². The fourth-order valence-corrected chi connectivity index (χ4v) is 6.05. The third-order valence-corrected chi connectivity index (χ3v) is 7.29. The van der Waals surface area contributed by atoms with Crippen molar-refractivity contribution in [1.82, 2.24) is 0 Å². The monoisotopic (exact) mass is 366 g/mol. The number of carbonyl (C=O) groups is 2. The van der Waals surface area contributed by atoms with E-state index < -0.39 is 22.2 Å². The van der Waals surface area contributed by atoms with Gasteiger partial charge in [0, 0.05) is 17.3 Å². The van der Waals surface area contributed by atoms with Crippen molar-refractivity contribution in [3.8, 4) is 0 Å².